The van der Waals surface area contributed by atoms with E-state index in [2.05, 4.69) is 10.4 Å². The van der Waals surface area contributed by atoms with Crippen molar-refractivity contribution in [2.45, 2.75) is 50.1 Å². The van der Waals surface area contributed by atoms with Crippen LogP contribution >= 0.6 is 0 Å². The zero-order valence-corrected chi connectivity index (χ0v) is 13.4. The number of fused-ring (bicyclic) bond motifs is 3. The zero-order valence-electron chi connectivity index (χ0n) is 17.4. The minimum Gasteiger partial charge on any atom is -0.348 e. The molecule has 1 N–H and O–H groups in total. The van der Waals surface area contributed by atoms with Gasteiger partial charge in [0.15, 0.2) is 5.69 Å². The van der Waals surface area contributed by atoms with Crippen LogP contribution in [0.1, 0.15) is 48.0 Å². The summed E-state index contributed by atoms with van der Waals surface area (Å²) in [6.07, 6.45) is -1.64. The first kappa shape index (κ1) is 10.8. The van der Waals surface area contributed by atoms with E-state index in [1.807, 2.05) is 23.1 Å². The minimum absolute atomic E-state index is 0.198. The minimum atomic E-state index is -1.88. The van der Waals surface area contributed by atoms with Crippen LogP contribution in [-0.2, 0) is 7.05 Å². The Morgan fingerprint density at radius 2 is 1.96 bits per heavy atom. The molecule has 2 saturated heterocycles. The third-order valence-corrected chi connectivity index (χ3v) is 4.90. The number of para-hydroxylation sites is 1. The van der Waals surface area contributed by atoms with Gasteiger partial charge in [0.25, 0.3) is 5.91 Å². The van der Waals surface area contributed by atoms with Crippen molar-refractivity contribution in [1.82, 2.24) is 20.0 Å². The fraction of sp³-hybridized carbons (Fsp3) is 0.556. The first-order chi connectivity index (χ1) is 12.7. The monoisotopic (exact) mass is 316 g/mol. The van der Waals surface area contributed by atoms with E-state index < -0.39 is 36.8 Å². The van der Waals surface area contributed by atoms with Gasteiger partial charge in [-0.05, 0) is 38.7 Å². The van der Waals surface area contributed by atoms with E-state index in [0.29, 0.717) is 18.2 Å². The van der Waals surface area contributed by atoms with E-state index in [4.69, 9.17) is 5.48 Å². The second-order valence-electron chi connectivity index (χ2n) is 6.36. The Morgan fingerprint density at radius 1 is 1.26 bits per heavy atom. The molecule has 1 aromatic heterocycles. The highest BCUT2D eigenvalue weighted by atomic mass is 16.2. The number of aromatic nitrogens is 2. The van der Waals surface area contributed by atoms with Crippen molar-refractivity contribution in [3.05, 3.63) is 30.0 Å². The lowest BCUT2D eigenvalue weighted by atomic mass is 9.82. The molecule has 2 fully saturated rings. The predicted octanol–water partition coefficient (Wildman–Crippen LogP) is 2.32. The molecule has 2 aliphatic heterocycles. The van der Waals surface area contributed by atoms with Crippen molar-refractivity contribution in [1.29, 1.82) is 0 Å². The van der Waals surface area contributed by atoms with E-state index in [1.54, 1.807) is 24.8 Å². The Bertz CT molecular complexity index is 873. The van der Waals surface area contributed by atoms with Gasteiger partial charge in [0.1, 0.15) is 0 Å². The molecule has 0 saturated carbocycles. The number of carbonyl (C=O) groups excluding carboxylic acids is 1. The summed E-state index contributed by atoms with van der Waals surface area (Å²) in [4.78, 5) is 14.8. The number of nitrogens with zero attached hydrogens (tertiary/aromatic N) is 3. The Labute approximate surface area is 142 Å². The molecule has 2 aromatic rings. The van der Waals surface area contributed by atoms with Gasteiger partial charge >= 0.3 is 0 Å². The van der Waals surface area contributed by atoms with Gasteiger partial charge < -0.3 is 10.2 Å². The number of rotatable bonds is 2. The highest BCUT2D eigenvalue weighted by molar-refractivity contribution is 6.04. The van der Waals surface area contributed by atoms with Crippen molar-refractivity contribution < 1.29 is 10.3 Å². The molecule has 0 spiro atoms. The number of hydrogen-bond donors (Lipinski definition) is 1. The average Bonchev–Trinajstić information content (AvgIpc) is 2.95. The number of carbonyl (C=O) groups is 1. The number of aryl methyl sites for hydroxylation is 1. The molecule has 122 valence electrons. The largest absolute Gasteiger partial charge is 0.348 e. The smallest absolute Gasteiger partial charge is 0.272 e. The van der Waals surface area contributed by atoms with Crippen LogP contribution in [0.5, 0.6) is 0 Å². The molecule has 23 heavy (non-hydrogen) atoms. The molecule has 1 aromatic carbocycles. The Kier molecular flexibility index (Phi) is 2.65. The fourth-order valence-electron chi connectivity index (χ4n) is 3.63. The van der Waals surface area contributed by atoms with E-state index >= 15 is 0 Å². The zero-order chi connectivity index (χ0) is 19.6. The highest BCUT2D eigenvalue weighted by Crippen LogP contribution is 2.32. The van der Waals surface area contributed by atoms with Gasteiger partial charge in [0.05, 0.1) is 5.52 Å². The number of nitrogens with one attached hydrogen (secondary N) is 1. The summed E-state index contributed by atoms with van der Waals surface area (Å²) in [5.41, 5.74) is 0.998. The maximum absolute atomic E-state index is 13.0. The van der Waals surface area contributed by atoms with Crippen LogP contribution < -0.4 is 5.32 Å². The second kappa shape index (κ2) is 5.64. The van der Waals surface area contributed by atoms with E-state index in [-0.39, 0.29) is 5.69 Å². The van der Waals surface area contributed by atoms with Crippen LogP contribution in [0.2, 0.25) is 0 Å². The van der Waals surface area contributed by atoms with Crippen LogP contribution in [-0.4, -0.2) is 45.8 Å². The maximum Gasteiger partial charge on any atom is 0.272 e. The molecule has 0 aliphatic carbocycles. The lowest BCUT2D eigenvalue weighted by Crippen LogP contribution is -2.55. The average molecular weight is 316 g/mol. The molecule has 1 amide bonds. The Balaban J connectivity index is 1.71. The fourth-order valence-corrected chi connectivity index (χ4v) is 3.63. The summed E-state index contributed by atoms with van der Waals surface area (Å²) >= 11 is 0. The number of amides is 1. The third-order valence-electron chi connectivity index (χ3n) is 4.90. The molecule has 5 heteroatoms. The molecular weight excluding hydrogens is 288 g/mol. The van der Waals surface area contributed by atoms with E-state index in [0.717, 1.165) is 11.9 Å². The predicted molar refractivity (Wildman–Crippen MR) is 90.4 cm³/mol. The summed E-state index contributed by atoms with van der Waals surface area (Å²) in [7, 11) is 3.53. The van der Waals surface area contributed by atoms with Gasteiger partial charge in [-0.1, -0.05) is 24.6 Å². The molecule has 2 aliphatic rings. The molecule has 4 rings (SSSR count). The molecule has 2 atom stereocenters. The third kappa shape index (κ3) is 2.53. The van der Waals surface area contributed by atoms with Gasteiger partial charge in [-0.15, -0.1) is 0 Å². The van der Waals surface area contributed by atoms with Gasteiger partial charge in [0, 0.05) is 36.0 Å². The summed E-state index contributed by atoms with van der Waals surface area (Å²) < 4.78 is 36.1. The Hall–Kier alpha value is -1.88. The van der Waals surface area contributed by atoms with Crippen LogP contribution in [0.25, 0.3) is 10.9 Å². The standard InChI is InChI=1S/C18H24N4O/c1-21-13-6-5-7-14(21)11-12(10-13)19-18(23)17-15-8-3-4-9-16(15)22(2)20-17/h3-4,8-9,12-14H,5-7,10-11H2,1-2H3,(H,19,23)/t13-,14-/m1/s1/i10D2,11D2. The highest BCUT2D eigenvalue weighted by Gasteiger charge is 2.36. The molecule has 0 unspecified atom stereocenters. The first-order valence-corrected chi connectivity index (χ1v) is 8.10. The van der Waals surface area contributed by atoms with Crippen molar-refractivity contribution in [3.8, 4) is 0 Å². The molecule has 2 bridgehead atoms. The lowest BCUT2D eigenvalue weighted by molar-refractivity contribution is 0.0462. The summed E-state index contributed by atoms with van der Waals surface area (Å²) in [6, 6.07) is 5.28. The SMILES string of the molecule is [2H]C1([2H])C(NC(=O)c2nn(C)c3ccccc23)C([2H])([2H])[C@H]2CCC[C@H]1N2C. The van der Waals surface area contributed by atoms with Crippen LogP contribution in [0, 0.1) is 0 Å². The molecule has 0 radical (unpaired) electrons. The summed E-state index contributed by atoms with van der Waals surface area (Å²) in [5, 5.41) is 7.64. The van der Waals surface area contributed by atoms with Crippen LogP contribution in [0.4, 0.5) is 0 Å². The van der Waals surface area contributed by atoms with E-state index in [1.165, 1.54) is 0 Å². The lowest BCUT2D eigenvalue weighted by Gasteiger charge is -2.47. The maximum atomic E-state index is 13.0. The number of hydrogen-bond acceptors (Lipinski definition) is 3. The van der Waals surface area contributed by atoms with Crippen molar-refractivity contribution in [2.75, 3.05) is 7.05 Å². The second-order valence-corrected chi connectivity index (χ2v) is 6.36. The molecular formula is C18H24N4O. The van der Waals surface area contributed by atoms with Crippen LogP contribution in [0.15, 0.2) is 24.3 Å². The van der Waals surface area contributed by atoms with Crippen molar-refractivity contribution in [3.63, 3.8) is 0 Å². The molecule has 5 nitrogen and oxygen atoms in total. The molecule has 3 heterocycles. The number of benzene rings is 1. The Morgan fingerprint density at radius 3 is 2.70 bits per heavy atom. The van der Waals surface area contributed by atoms with Crippen LogP contribution in [0.3, 0.4) is 0 Å². The quantitative estimate of drug-likeness (QED) is 0.925. The van der Waals surface area contributed by atoms with Crippen molar-refractivity contribution >= 4 is 16.8 Å². The van der Waals surface area contributed by atoms with Gasteiger partial charge in [0.2, 0.25) is 0 Å². The number of piperidine rings is 2. The first-order valence-electron chi connectivity index (χ1n) is 10.1. The summed E-state index contributed by atoms with van der Waals surface area (Å²) in [6.45, 7) is 0. The van der Waals surface area contributed by atoms with Gasteiger partial charge in [-0.2, -0.15) is 5.10 Å². The van der Waals surface area contributed by atoms with Gasteiger partial charge in [-0.25, -0.2) is 0 Å². The normalized spacial score (nSPS) is 35.0. The van der Waals surface area contributed by atoms with E-state index in [9.17, 15) is 4.79 Å². The van der Waals surface area contributed by atoms with Crippen molar-refractivity contribution in [2.24, 2.45) is 7.05 Å². The summed E-state index contributed by atoms with van der Waals surface area (Å²) in [5.74, 6) is -0.535. The topological polar surface area (TPSA) is 50.2 Å². The van der Waals surface area contributed by atoms with Gasteiger partial charge in [-0.3, -0.25) is 9.48 Å².